The van der Waals surface area contributed by atoms with E-state index in [0.29, 0.717) is 16.4 Å². The van der Waals surface area contributed by atoms with Crippen molar-refractivity contribution in [3.63, 3.8) is 0 Å². The molecule has 1 aromatic carbocycles. The van der Waals surface area contributed by atoms with Crippen molar-refractivity contribution in [1.29, 1.82) is 0 Å². The second-order valence-electron chi connectivity index (χ2n) is 4.54. The van der Waals surface area contributed by atoms with Crippen LogP contribution in [0.3, 0.4) is 0 Å². The van der Waals surface area contributed by atoms with Crippen molar-refractivity contribution in [1.82, 2.24) is 4.98 Å². The smallest absolute Gasteiger partial charge is 0.243 e. The van der Waals surface area contributed by atoms with Gasteiger partial charge in [0.2, 0.25) is 5.91 Å². The van der Waals surface area contributed by atoms with E-state index in [1.807, 2.05) is 0 Å². The Balaban J connectivity index is 1.94. The SMILES string of the molecule is CS(=O)(=O)c1ccc(NC(=O)CNc2ccccc2Cl)cn1. The number of hydrogen-bond donors (Lipinski definition) is 2. The molecule has 0 spiro atoms. The van der Waals surface area contributed by atoms with Gasteiger partial charge >= 0.3 is 0 Å². The largest absolute Gasteiger partial charge is 0.375 e. The van der Waals surface area contributed by atoms with Crippen LogP contribution in [0.15, 0.2) is 47.6 Å². The quantitative estimate of drug-likeness (QED) is 0.871. The summed E-state index contributed by atoms with van der Waals surface area (Å²) >= 11 is 5.97. The molecule has 6 nitrogen and oxygen atoms in total. The Morgan fingerprint density at radius 1 is 1.23 bits per heavy atom. The van der Waals surface area contributed by atoms with Crippen LogP contribution in [0.4, 0.5) is 11.4 Å². The van der Waals surface area contributed by atoms with Crippen molar-refractivity contribution in [3.8, 4) is 0 Å². The molecule has 0 aliphatic carbocycles. The standard InChI is InChI=1S/C14H14ClN3O3S/c1-22(20,21)14-7-6-10(8-17-14)18-13(19)9-16-12-5-3-2-4-11(12)15/h2-8,16H,9H2,1H3,(H,18,19). The van der Waals surface area contributed by atoms with E-state index in [0.717, 1.165) is 6.26 Å². The van der Waals surface area contributed by atoms with E-state index in [9.17, 15) is 13.2 Å². The van der Waals surface area contributed by atoms with E-state index in [1.54, 1.807) is 24.3 Å². The van der Waals surface area contributed by atoms with Crippen molar-refractivity contribution in [3.05, 3.63) is 47.6 Å². The number of carbonyl (C=O) groups excluding carboxylic acids is 1. The number of nitrogens with one attached hydrogen (secondary N) is 2. The van der Waals surface area contributed by atoms with Crippen LogP contribution in [0.5, 0.6) is 0 Å². The van der Waals surface area contributed by atoms with Gasteiger partial charge in [-0.25, -0.2) is 13.4 Å². The number of halogens is 1. The number of para-hydroxylation sites is 1. The second kappa shape index (κ2) is 6.76. The van der Waals surface area contributed by atoms with Crippen molar-refractivity contribution in [2.75, 3.05) is 23.4 Å². The van der Waals surface area contributed by atoms with Gasteiger partial charge in [0.15, 0.2) is 14.9 Å². The first-order valence-electron chi connectivity index (χ1n) is 6.30. The highest BCUT2D eigenvalue weighted by atomic mass is 35.5. The van der Waals surface area contributed by atoms with Crippen LogP contribution < -0.4 is 10.6 Å². The van der Waals surface area contributed by atoms with Gasteiger partial charge in [0.1, 0.15) is 0 Å². The van der Waals surface area contributed by atoms with Crippen LogP contribution in [-0.4, -0.2) is 32.1 Å². The topological polar surface area (TPSA) is 88.2 Å². The Bertz CT molecular complexity index is 776. The predicted molar refractivity (Wildman–Crippen MR) is 85.9 cm³/mol. The maximum Gasteiger partial charge on any atom is 0.243 e. The van der Waals surface area contributed by atoms with Crippen molar-refractivity contribution < 1.29 is 13.2 Å². The van der Waals surface area contributed by atoms with E-state index >= 15 is 0 Å². The molecule has 1 aromatic heterocycles. The zero-order valence-electron chi connectivity index (χ0n) is 11.7. The summed E-state index contributed by atoms with van der Waals surface area (Å²) in [6, 6.07) is 9.90. The van der Waals surface area contributed by atoms with Gasteiger partial charge in [0, 0.05) is 6.26 Å². The number of aromatic nitrogens is 1. The third-order valence-electron chi connectivity index (χ3n) is 2.71. The fourth-order valence-corrected chi connectivity index (χ4v) is 2.42. The van der Waals surface area contributed by atoms with E-state index < -0.39 is 9.84 Å². The van der Waals surface area contributed by atoms with Gasteiger partial charge in [-0.3, -0.25) is 4.79 Å². The lowest BCUT2D eigenvalue weighted by Gasteiger charge is -2.09. The number of rotatable bonds is 5. The highest BCUT2D eigenvalue weighted by molar-refractivity contribution is 7.90. The molecule has 0 bridgehead atoms. The Labute approximate surface area is 133 Å². The van der Waals surface area contributed by atoms with Gasteiger partial charge in [0.25, 0.3) is 0 Å². The third kappa shape index (κ3) is 4.44. The van der Waals surface area contributed by atoms with Crippen LogP contribution >= 0.6 is 11.6 Å². The molecular weight excluding hydrogens is 326 g/mol. The van der Waals surface area contributed by atoms with Gasteiger partial charge in [-0.15, -0.1) is 0 Å². The number of benzene rings is 1. The second-order valence-corrected chi connectivity index (χ2v) is 6.91. The lowest BCUT2D eigenvalue weighted by atomic mass is 10.3. The molecule has 0 atom stereocenters. The summed E-state index contributed by atoms with van der Waals surface area (Å²) in [7, 11) is -3.35. The molecule has 2 rings (SSSR count). The molecule has 0 saturated carbocycles. The van der Waals surface area contributed by atoms with Gasteiger partial charge in [-0.1, -0.05) is 23.7 Å². The monoisotopic (exact) mass is 339 g/mol. The number of amides is 1. The van der Waals surface area contributed by atoms with E-state index in [1.165, 1.54) is 18.3 Å². The van der Waals surface area contributed by atoms with Crippen molar-refractivity contribution in [2.45, 2.75) is 5.03 Å². The Hall–Kier alpha value is -2.12. The molecule has 1 heterocycles. The summed E-state index contributed by atoms with van der Waals surface area (Å²) in [6.45, 7) is 0.0254. The average molecular weight is 340 g/mol. The first-order chi connectivity index (χ1) is 10.4. The zero-order valence-corrected chi connectivity index (χ0v) is 13.3. The molecule has 0 fully saturated rings. The maximum atomic E-state index is 11.8. The number of nitrogens with zero attached hydrogens (tertiary/aromatic N) is 1. The summed E-state index contributed by atoms with van der Waals surface area (Å²) in [5.41, 5.74) is 1.07. The molecule has 1 amide bonds. The number of hydrogen-bond acceptors (Lipinski definition) is 5. The van der Waals surface area contributed by atoms with Crippen LogP contribution in [0.1, 0.15) is 0 Å². The van der Waals surface area contributed by atoms with Crippen LogP contribution in [0.25, 0.3) is 0 Å². The Morgan fingerprint density at radius 2 is 1.95 bits per heavy atom. The molecule has 2 N–H and O–H groups in total. The molecule has 0 radical (unpaired) electrons. The van der Waals surface area contributed by atoms with Gasteiger partial charge in [-0.2, -0.15) is 0 Å². The normalized spacial score (nSPS) is 11.0. The third-order valence-corrected chi connectivity index (χ3v) is 4.04. The fourth-order valence-electron chi connectivity index (χ4n) is 1.66. The maximum absolute atomic E-state index is 11.8. The molecule has 0 unspecified atom stereocenters. The lowest BCUT2D eigenvalue weighted by Crippen LogP contribution is -2.22. The van der Waals surface area contributed by atoms with Gasteiger partial charge in [0.05, 0.1) is 29.1 Å². The predicted octanol–water partition coefficient (Wildman–Crippen LogP) is 2.19. The summed E-state index contributed by atoms with van der Waals surface area (Å²) < 4.78 is 22.6. The van der Waals surface area contributed by atoms with Crippen molar-refractivity contribution in [2.24, 2.45) is 0 Å². The zero-order chi connectivity index (χ0) is 16.2. The first kappa shape index (κ1) is 16.3. The molecule has 116 valence electrons. The minimum Gasteiger partial charge on any atom is -0.375 e. The number of pyridine rings is 1. The van der Waals surface area contributed by atoms with Crippen LogP contribution in [-0.2, 0) is 14.6 Å². The summed E-state index contributed by atoms with van der Waals surface area (Å²) in [5, 5.41) is 6.00. The lowest BCUT2D eigenvalue weighted by molar-refractivity contribution is -0.114. The minimum absolute atomic E-state index is 0.0254. The number of anilines is 2. The van der Waals surface area contributed by atoms with Gasteiger partial charge in [-0.05, 0) is 24.3 Å². The average Bonchev–Trinajstić information content (AvgIpc) is 2.46. The molecule has 22 heavy (non-hydrogen) atoms. The first-order valence-corrected chi connectivity index (χ1v) is 8.57. The molecule has 0 aliphatic rings. The van der Waals surface area contributed by atoms with Gasteiger partial charge < -0.3 is 10.6 Å². The molecular formula is C14H14ClN3O3S. The summed E-state index contributed by atoms with van der Waals surface area (Å²) in [4.78, 5) is 15.6. The molecule has 0 aliphatic heterocycles. The van der Waals surface area contributed by atoms with E-state index in [-0.39, 0.29) is 17.5 Å². The van der Waals surface area contributed by atoms with Crippen molar-refractivity contribution >= 4 is 38.7 Å². The molecule has 0 saturated heterocycles. The van der Waals surface area contributed by atoms with Crippen LogP contribution in [0, 0.1) is 0 Å². The molecule has 8 heteroatoms. The Kier molecular flexibility index (Phi) is 4.99. The van der Waals surface area contributed by atoms with E-state index in [4.69, 9.17) is 11.6 Å². The molecule has 2 aromatic rings. The number of sulfone groups is 1. The fraction of sp³-hybridized carbons (Fsp3) is 0.143. The highest BCUT2D eigenvalue weighted by Crippen LogP contribution is 2.20. The minimum atomic E-state index is -3.35. The Morgan fingerprint density at radius 3 is 2.55 bits per heavy atom. The van der Waals surface area contributed by atoms with E-state index in [2.05, 4.69) is 15.6 Å². The summed E-state index contributed by atoms with van der Waals surface area (Å²) in [5.74, 6) is -0.297. The highest BCUT2D eigenvalue weighted by Gasteiger charge is 2.09. The number of carbonyl (C=O) groups is 1. The van der Waals surface area contributed by atoms with Crippen LogP contribution in [0.2, 0.25) is 5.02 Å². The summed E-state index contributed by atoms with van der Waals surface area (Å²) in [6.07, 6.45) is 2.37.